The first-order valence-electron chi connectivity index (χ1n) is 12.2. The summed E-state index contributed by atoms with van der Waals surface area (Å²) < 4.78 is 8.30. The van der Waals surface area contributed by atoms with E-state index in [1.165, 1.54) is 11.1 Å². The molecule has 174 valence electrons. The van der Waals surface area contributed by atoms with Crippen LogP contribution in [0.5, 0.6) is 5.75 Å². The lowest BCUT2D eigenvalue weighted by atomic mass is 10.1. The quantitative estimate of drug-likeness (QED) is 0.341. The van der Waals surface area contributed by atoms with Gasteiger partial charge in [0, 0.05) is 24.6 Å². The molecule has 5 nitrogen and oxygen atoms in total. The van der Waals surface area contributed by atoms with Gasteiger partial charge in [-0.25, -0.2) is 4.98 Å². The minimum atomic E-state index is 0.0497. The number of ether oxygens (including phenoxy) is 1. The summed E-state index contributed by atoms with van der Waals surface area (Å²) in [6.07, 6.45) is 2.39. The minimum absolute atomic E-state index is 0.0497. The number of benzene rings is 3. The van der Waals surface area contributed by atoms with E-state index in [0.29, 0.717) is 26.1 Å². The van der Waals surface area contributed by atoms with Crippen molar-refractivity contribution in [3.05, 3.63) is 89.7 Å². The molecule has 2 heterocycles. The molecule has 1 aromatic heterocycles. The van der Waals surface area contributed by atoms with Crippen LogP contribution in [0.3, 0.4) is 0 Å². The van der Waals surface area contributed by atoms with E-state index >= 15 is 0 Å². The monoisotopic (exact) mass is 453 g/mol. The van der Waals surface area contributed by atoms with Crippen molar-refractivity contribution in [2.75, 3.05) is 18.1 Å². The lowest BCUT2D eigenvalue weighted by Gasteiger charge is -2.20. The van der Waals surface area contributed by atoms with E-state index in [0.717, 1.165) is 41.1 Å². The maximum absolute atomic E-state index is 13.1. The summed E-state index contributed by atoms with van der Waals surface area (Å²) in [4.78, 5) is 20.0. The first kappa shape index (κ1) is 22.2. The zero-order chi connectivity index (χ0) is 23.5. The topological polar surface area (TPSA) is 47.4 Å². The molecule has 1 amide bonds. The third kappa shape index (κ3) is 4.30. The molecule has 1 aliphatic rings. The van der Waals surface area contributed by atoms with E-state index < -0.39 is 0 Å². The molecule has 1 fully saturated rings. The molecule has 0 N–H and O–H groups in total. The van der Waals surface area contributed by atoms with Crippen molar-refractivity contribution >= 4 is 22.6 Å². The molecule has 4 aromatic rings. The number of rotatable bonds is 8. The van der Waals surface area contributed by atoms with Crippen molar-refractivity contribution < 1.29 is 9.53 Å². The Morgan fingerprint density at radius 1 is 0.941 bits per heavy atom. The van der Waals surface area contributed by atoms with Crippen molar-refractivity contribution in [3.63, 3.8) is 0 Å². The van der Waals surface area contributed by atoms with Crippen LogP contribution in [0.25, 0.3) is 11.0 Å². The highest BCUT2D eigenvalue weighted by atomic mass is 16.5. The SMILES string of the molecule is CCc1ccc(OCCn2c(C3CC(=O)N(c4ccccc4CC)C3)nc3ccccc32)cc1. The maximum atomic E-state index is 13.1. The molecule has 34 heavy (non-hydrogen) atoms. The molecule has 3 aromatic carbocycles. The molecule has 1 atom stereocenters. The van der Waals surface area contributed by atoms with Gasteiger partial charge in [-0.05, 0) is 54.3 Å². The zero-order valence-corrected chi connectivity index (χ0v) is 19.9. The van der Waals surface area contributed by atoms with E-state index in [1.54, 1.807) is 0 Å². The summed E-state index contributed by atoms with van der Waals surface area (Å²) >= 11 is 0. The number of fused-ring (bicyclic) bond motifs is 1. The molecular formula is C29H31N3O2. The Kier molecular flexibility index (Phi) is 6.35. The number of aryl methyl sites for hydroxylation is 2. The van der Waals surface area contributed by atoms with Gasteiger partial charge < -0.3 is 14.2 Å². The van der Waals surface area contributed by atoms with Gasteiger partial charge in [0.1, 0.15) is 18.2 Å². The number of carbonyl (C=O) groups is 1. The second-order valence-corrected chi connectivity index (χ2v) is 8.84. The van der Waals surface area contributed by atoms with Gasteiger partial charge in [-0.3, -0.25) is 4.79 Å². The molecule has 0 aliphatic carbocycles. The summed E-state index contributed by atoms with van der Waals surface area (Å²) in [5.41, 5.74) is 5.58. The van der Waals surface area contributed by atoms with Crippen LogP contribution < -0.4 is 9.64 Å². The third-order valence-electron chi connectivity index (χ3n) is 6.75. The van der Waals surface area contributed by atoms with E-state index in [1.807, 2.05) is 47.4 Å². The highest BCUT2D eigenvalue weighted by Gasteiger charge is 2.35. The Labute approximate surface area is 201 Å². The lowest BCUT2D eigenvalue weighted by Crippen LogP contribution is -2.25. The van der Waals surface area contributed by atoms with Gasteiger partial charge >= 0.3 is 0 Å². The average molecular weight is 454 g/mol. The number of nitrogens with zero attached hydrogens (tertiary/aromatic N) is 3. The predicted molar refractivity (Wildman–Crippen MR) is 137 cm³/mol. The highest BCUT2D eigenvalue weighted by molar-refractivity contribution is 5.97. The van der Waals surface area contributed by atoms with Gasteiger partial charge in [-0.15, -0.1) is 0 Å². The first-order chi connectivity index (χ1) is 16.7. The molecule has 1 unspecified atom stereocenters. The van der Waals surface area contributed by atoms with E-state index in [-0.39, 0.29) is 11.8 Å². The zero-order valence-electron chi connectivity index (χ0n) is 19.9. The van der Waals surface area contributed by atoms with Gasteiger partial charge in [0.2, 0.25) is 5.91 Å². The Hall–Kier alpha value is -3.60. The normalized spacial score (nSPS) is 15.9. The van der Waals surface area contributed by atoms with Crippen LogP contribution in [0, 0.1) is 0 Å². The molecule has 5 rings (SSSR count). The molecular weight excluding hydrogens is 422 g/mol. The third-order valence-corrected chi connectivity index (χ3v) is 6.75. The van der Waals surface area contributed by atoms with Crippen molar-refractivity contribution in [3.8, 4) is 5.75 Å². The fraction of sp³-hybridized carbons (Fsp3) is 0.310. The molecule has 1 aliphatic heterocycles. The second kappa shape index (κ2) is 9.72. The second-order valence-electron chi connectivity index (χ2n) is 8.84. The highest BCUT2D eigenvalue weighted by Crippen LogP contribution is 2.34. The van der Waals surface area contributed by atoms with Gasteiger partial charge in [0.15, 0.2) is 0 Å². The molecule has 0 bridgehead atoms. The molecule has 0 saturated carbocycles. The molecule has 0 radical (unpaired) electrons. The van der Waals surface area contributed by atoms with Crippen LogP contribution in [0.15, 0.2) is 72.8 Å². The summed E-state index contributed by atoms with van der Waals surface area (Å²) in [5.74, 6) is 2.06. The van der Waals surface area contributed by atoms with Crippen molar-refractivity contribution in [2.24, 2.45) is 0 Å². The summed E-state index contributed by atoms with van der Waals surface area (Å²) in [6.45, 7) is 6.16. The summed E-state index contributed by atoms with van der Waals surface area (Å²) in [5, 5.41) is 0. The number of hydrogen-bond acceptors (Lipinski definition) is 3. The molecule has 1 saturated heterocycles. The summed E-state index contributed by atoms with van der Waals surface area (Å²) in [7, 11) is 0. The Bertz CT molecular complexity index is 1290. The number of para-hydroxylation sites is 3. The van der Waals surface area contributed by atoms with Crippen molar-refractivity contribution in [1.29, 1.82) is 0 Å². The van der Waals surface area contributed by atoms with Gasteiger partial charge in [-0.1, -0.05) is 56.3 Å². The minimum Gasteiger partial charge on any atom is -0.492 e. The fourth-order valence-electron chi connectivity index (χ4n) is 4.90. The Balaban J connectivity index is 1.39. The van der Waals surface area contributed by atoms with Crippen LogP contribution in [-0.2, 0) is 24.2 Å². The van der Waals surface area contributed by atoms with Crippen LogP contribution >= 0.6 is 0 Å². The van der Waals surface area contributed by atoms with Crippen molar-refractivity contribution in [2.45, 2.75) is 45.6 Å². The van der Waals surface area contributed by atoms with Gasteiger partial charge in [0.05, 0.1) is 17.6 Å². The smallest absolute Gasteiger partial charge is 0.227 e. The van der Waals surface area contributed by atoms with E-state index in [9.17, 15) is 4.79 Å². The number of anilines is 1. The van der Waals surface area contributed by atoms with Crippen LogP contribution in [-0.4, -0.2) is 28.6 Å². The standard InChI is InChI=1S/C29H31N3O2/c1-3-21-13-15-24(16-14-21)34-18-17-31-27-12-8-6-10-25(27)30-29(31)23-19-28(33)32(20-23)26-11-7-5-9-22(26)4-2/h5-16,23H,3-4,17-20H2,1-2H3. The number of hydrogen-bond donors (Lipinski definition) is 0. The molecule has 5 heteroatoms. The van der Waals surface area contributed by atoms with Gasteiger partial charge in [-0.2, -0.15) is 0 Å². The van der Waals surface area contributed by atoms with Crippen LogP contribution in [0.1, 0.15) is 43.1 Å². The first-order valence-corrected chi connectivity index (χ1v) is 12.2. The lowest BCUT2D eigenvalue weighted by molar-refractivity contribution is -0.117. The maximum Gasteiger partial charge on any atom is 0.227 e. The average Bonchev–Trinajstić information content (AvgIpc) is 3.45. The molecule has 0 spiro atoms. The van der Waals surface area contributed by atoms with Crippen molar-refractivity contribution in [1.82, 2.24) is 9.55 Å². The Morgan fingerprint density at radius 2 is 1.71 bits per heavy atom. The fourth-order valence-corrected chi connectivity index (χ4v) is 4.90. The van der Waals surface area contributed by atoms with E-state index in [2.05, 4.69) is 48.7 Å². The van der Waals surface area contributed by atoms with Crippen LogP contribution in [0.4, 0.5) is 5.69 Å². The number of carbonyl (C=O) groups excluding carboxylic acids is 1. The van der Waals surface area contributed by atoms with Crippen LogP contribution in [0.2, 0.25) is 0 Å². The predicted octanol–water partition coefficient (Wildman–Crippen LogP) is 5.76. The number of amides is 1. The Morgan fingerprint density at radius 3 is 2.50 bits per heavy atom. The van der Waals surface area contributed by atoms with Gasteiger partial charge in [0.25, 0.3) is 0 Å². The number of imidazole rings is 1. The van der Waals surface area contributed by atoms with E-state index in [4.69, 9.17) is 9.72 Å². The number of aromatic nitrogens is 2. The summed E-state index contributed by atoms with van der Waals surface area (Å²) in [6, 6.07) is 24.7. The largest absolute Gasteiger partial charge is 0.492 e.